The van der Waals surface area contributed by atoms with Gasteiger partial charge in [0.2, 0.25) is 0 Å². The first-order chi connectivity index (χ1) is 12.5. The van der Waals surface area contributed by atoms with Crippen LogP contribution in [-0.4, -0.2) is 29.7 Å². The Kier molecular flexibility index (Phi) is 4.74. The third kappa shape index (κ3) is 3.16. The first-order valence-electron chi connectivity index (χ1n) is 7.99. The predicted octanol–water partition coefficient (Wildman–Crippen LogP) is 3.18. The number of nitrogens with two attached hydrogens (primary N) is 2. The number of hydrogen-bond donors (Lipinski definition) is 2. The number of pyridine rings is 2. The van der Waals surface area contributed by atoms with Crippen LogP contribution in [0.1, 0.15) is 6.92 Å². The van der Waals surface area contributed by atoms with Gasteiger partial charge < -0.3 is 20.9 Å². The highest BCUT2D eigenvalue weighted by atomic mass is 16.6. The molecule has 3 aromatic rings. The maximum atomic E-state index is 12.1. The molecule has 0 fully saturated rings. The summed E-state index contributed by atoms with van der Waals surface area (Å²) in [7, 11) is 1.54. The normalized spacial score (nSPS) is 10.5. The van der Waals surface area contributed by atoms with Crippen LogP contribution in [0.25, 0.3) is 10.9 Å². The van der Waals surface area contributed by atoms with E-state index >= 15 is 0 Å². The fourth-order valence-electron chi connectivity index (χ4n) is 2.56. The number of rotatable bonds is 4. The Morgan fingerprint density at radius 1 is 1.12 bits per heavy atom. The van der Waals surface area contributed by atoms with Crippen molar-refractivity contribution in [2.45, 2.75) is 6.92 Å². The third-order valence-electron chi connectivity index (χ3n) is 3.77. The first kappa shape index (κ1) is 17.3. The van der Waals surface area contributed by atoms with Gasteiger partial charge >= 0.3 is 6.09 Å². The monoisotopic (exact) mass is 353 g/mol. The van der Waals surface area contributed by atoms with E-state index in [2.05, 4.69) is 9.97 Å². The zero-order valence-corrected chi connectivity index (χ0v) is 14.5. The molecule has 0 radical (unpaired) electrons. The highest BCUT2D eigenvalue weighted by molar-refractivity contribution is 5.95. The summed E-state index contributed by atoms with van der Waals surface area (Å²) >= 11 is 0. The van der Waals surface area contributed by atoms with E-state index in [9.17, 15) is 4.79 Å². The molecule has 0 saturated carbocycles. The van der Waals surface area contributed by atoms with Gasteiger partial charge in [-0.15, -0.1) is 0 Å². The van der Waals surface area contributed by atoms with E-state index in [1.807, 2.05) is 6.07 Å². The third-order valence-corrected chi connectivity index (χ3v) is 3.77. The molecule has 0 aliphatic carbocycles. The largest absolute Gasteiger partial charge is 0.454 e. The van der Waals surface area contributed by atoms with Crippen molar-refractivity contribution in [1.82, 2.24) is 9.97 Å². The van der Waals surface area contributed by atoms with Crippen molar-refractivity contribution in [2.75, 3.05) is 30.0 Å². The zero-order valence-electron chi connectivity index (χ0n) is 14.5. The minimum atomic E-state index is -0.555. The van der Waals surface area contributed by atoms with Gasteiger partial charge in [0.05, 0.1) is 17.8 Å². The molecule has 0 aliphatic heterocycles. The van der Waals surface area contributed by atoms with Gasteiger partial charge in [-0.25, -0.2) is 9.78 Å². The van der Waals surface area contributed by atoms with Crippen LogP contribution in [0.5, 0.6) is 11.5 Å². The summed E-state index contributed by atoms with van der Waals surface area (Å²) in [5.74, 6) is 1.05. The number of amides is 1. The SMILES string of the molecule is CCOC(=O)N(C)c1c(Oc2ccc(N)c3ncccc23)ccnc1N. The molecule has 2 aromatic heterocycles. The number of nitrogens with zero attached hydrogens (tertiary/aromatic N) is 3. The summed E-state index contributed by atoms with van der Waals surface area (Å²) in [4.78, 5) is 21.7. The number of anilines is 3. The van der Waals surface area contributed by atoms with Crippen molar-refractivity contribution in [3.05, 3.63) is 42.7 Å². The van der Waals surface area contributed by atoms with Crippen molar-refractivity contribution in [3.8, 4) is 11.5 Å². The standard InChI is InChI=1S/C18H19N5O3/c1-3-25-18(24)23(2)16-14(8-10-22-17(16)20)26-13-7-6-12(19)15-11(13)5-4-9-21-15/h4-10H,3,19H2,1-2H3,(H2,20,22). The van der Waals surface area contributed by atoms with E-state index in [1.54, 1.807) is 44.4 Å². The lowest BCUT2D eigenvalue weighted by atomic mass is 10.1. The molecule has 0 spiro atoms. The van der Waals surface area contributed by atoms with Gasteiger partial charge in [0.1, 0.15) is 11.4 Å². The zero-order chi connectivity index (χ0) is 18.7. The van der Waals surface area contributed by atoms with E-state index in [4.69, 9.17) is 20.9 Å². The average Bonchev–Trinajstić information content (AvgIpc) is 2.64. The van der Waals surface area contributed by atoms with Crippen LogP contribution >= 0.6 is 0 Å². The number of carbonyl (C=O) groups is 1. The summed E-state index contributed by atoms with van der Waals surface area (Å²) in [6.07, 6.45) is 2.61. The van der Waals surface area contributed by atoms with Crippen LogP contribution in [0.2, 0.25) is 0 Å². The second-order valence-electron chi connectivity index (χ2n) is 5.46. The minimum absolute atomic E-state index is 0.149. The number of carbonyl (C=O) groups excluding carboxylic acids is 1. The summed E-state index contributed by atoms with van der Waals surface area (Å²) in [6.45, 7) is 1.97. The summed E-state index contributed by atoms with van der Waals surface area (Å²) < 4.78 is 11.1. The van der Waals surface area contributed by atoms with Gasteiger partial charge in [-0.2, -0.15) is 0 Å². The molecule has 0 atom stereocenters. The van der Waals surface area contributed by atoms with E-state index in [0.717, 1.165) is 5.39 Å². The number of aromatic nitrogens is 2. The van der Waals surface area contributed by atoms with Crippen molar-refractivity contribution in [3.63, 3.8) is 0 Å². The van der Waals surface area contributed by atoms with Crippen LogP contribution in [0.3, 0.4) is 0 Å². The molecule has 1 aromatic carbocycles. The summed E-state index contributed by atoms with van der Waals surface area (Å²) in [5.41, 5.74) is 13.4. The fourth-order valence-corrected chi connectivity index (χ4v) is 2.56. The second-order valence-corrected chi connectivity index (χ2v) is 5.46. The van der Waals surface area contributed by atoms with Crippen molar-refractivity contribution in [2.24, 2.45) is 0 Å². The molecule has 4 N–H and O–H groups in total. The quantitative estimate of drug-likeness (QED) is 0.692. The Balaban J connectivity index is 2.06. The lowest BCUT2D eigenvalue weighted by molar-refractivity contribution is 0.161. The Morgan fingerprint density at radius 3 is 2.69 bits per heavy atom. The van der Waals surface area contributed by atoms with Crippen molar-refractivity contribution < 1.29 is 14.3 Å². The summed E-state index contributed by atoms with van der Waals surface area (Å²) in [6, 6.07) is 8.72. The van der Waals surface area contributed by atoms with Gasteiger partial charge in [0, 0.05) is 30.9 Å². The topological polar surface area (TPSA) is 117 Å². The molecule has 26 heavy (non-hydrogen) atoms. The minimum Gasteiger partial charge on any atom is -0.454 e. The lowest BCUT2D eigenvalue weighted by Crippen LogP contribution is -2.28. The second kappa shape index (κ2) is 7.14. The predicted molar refractivity (Wildman–Crippen MR) is 100 cm³/mol. The fraction of sp³-hybridized carbons (Fsp3) is 0.167. The lowest BCUT2D eigenvalue weighted by Gasteiger charge is -2.21. The molecule has 0 aliphatic rings. The van der Waals surface area contributed by atoms with E-state index in [-0.39, 0.29) is 12.4 Å². The van der Waals surface area contributed by atoms with Crippen molar-refractivity contribution in [1.29, 1.82) is 0 Å². The first-order valence-corrected chi connectivity index (χ1v) is 7.99. The maximum absolute atomic E-state index is 12.1. The van der Waals surface area contributed by atoms with E-state index in [0.29, 0.717) is 28.4 Å². The summed E-state index contributed by atoms with van der Waals surface area (Å²) in [5, 5.41) is 0.743. The maximum Gasteiger partial charge on any atom is 0.414 e. The van der Waals surface area contributed by atoms with Crippen molar-refractivity contribution >= 4 is 34.2 Å². The molecule has 134 valence electrons. The van der Waals surface area contributed by atoms with Crippen LogP contribution in [0.4, 0.5) is 22.0 Å². The number of nitrogen functional groups attached to an aromatic ring is 2. The van der Waals surface area contributed by atoms with Gasteiger partial charge in [-0.3, -0.25) is 9.88 Å². The number of benzene rings is 1. The number of hydrogen-bond acceptors (Lipinski definition) is 7. The van der Waals surface area contributed by atoms with Crippen LogP contribution in [-0.2, 0) is 4.74 Å². The average molecular weight is 353 g/mol. The highest BCUT2D eigenvalue weighted by Crippen LogP contribution is 2.38. The number of ether oxygens (including phenoxy) is 2. The number of fused-ring (bicyclic) bond motifs is 1. The molecule has 0 saturated heterocycles. The Bertz CT molecular complexity index is 961. The van der Waals surface area contributed by atoms with E-state index in [1.165, 1.54) is 11.1 Å². The van der Waals surface area contributed by atoms with Gasteiger partial charge in [0.15, 0.2) is 11.6 Å². The van der Waals surface area contributed by atoms with E-state index < -0.39 is 6.09 Å². The Hall–Kier alpha value is -3.55. The molecule has 0 bridgehead atoms. The van der Waals surface area contributed by atoms with Gasteiger partial charge in [0.25, 0.3) is 0 Å². The molecule has 8 heteroatoms. The van der Waals surface area contributed by atoms with Gasteiger partial charge in [-0.05, 0) is 31.2 Å². The molecule has 3 rings (SSSR count). The van der Waals surface area contributed by atoms with Crippen LogP contribution in [0.15, 0.2) is 42.7 Å². The smallest absolute Gasteiger partial charge is 0.414 e. The molecular formula is C18H19N5O3. The molecular weight excluding hydrogens is 334 g/mol. The Labute approximate surface area is 150 Å². The van der Waals surface area contributed by atoms with Crippen LogP contribution in [0, 0.1) is 0 Å². The highest BCUT2D eigenvalue weighted by Gasteiger charge is 2.21. The molecule has 8 nitrogen and oxygen atoms in total. The molecule has 0 unspecified atom stereocenters. The molecule has 1 amide bonds. The van der Waals surface area contributed by atoms with Gasteiger partial charge in [-0.1, -0.05) is 0 Å². The Morgan fingerprint density at radius 2 is 1.92 bits per heavy atom. The van der Waals surface area contributed by atoms with Crippen LogP contribution < -0.4 is 21.1 Å². The molecule has 2 heterocycles.